The summed E-state index contributed by atoms with van der Waals surface area (Å²) in [5.74, 6) is 2.98. The minimum Gasteiger partial charge on any atom is -0.310 e. The molecule has 9 rings (SSSR count). The summed E-state index contributed by atoms with van der Waals surface area (Å²) in [5, 5.41) is 2.51. The molecule has 258 valence electrons. The van der Waals surface area contributed by atoms with Crippen molar-refractivity contribution in [3.8, 4) is 22.3 Å². The van der Waals surface area contributed by atoms with Crippen molar-refractivity contribution in [1.82, 2.24) is 0 Å². The zero-order valence-corrected chi connectivity index (χ0v) is 30.9. The molecule has 0 aromatic heterocycles. The van der Waals surface area contributed by atoms with E-state index in [4.69, 9.17) is 0 Å². The summed E-state index contributed by atoms with van der Waals surface area (Å²) in [6.45, 7) is 11.2. The number of para-hydroxylation sites is 1. The molecule has 3 aliphatic rings. The van der Waals surface area contributed by atoms with Gasteiger partial charge in [-0.1, -0.05) is 130 Å². The number of hydrogen-bond acceptors (Lipinski definition) is 1. The molecule has 6 aromatic carbocycles. The SMILES string of the molecule is C=Cc1cc(-c2ccc(N(c3ccccc3)c3ccc4c(c3)C3(c5ccccc5-4)C(CC)CC4CC(C)CC3C4)cc2)c2ccccc2c1/C=C\C. The standard InChI is InChI=1S/C51H49N/c1-5-15-43-36(6-2)32-48(45-19-12-11-18-44(43)45)37-22-24-41(25-23-37)52(40-16-9-8-10-17-40)42-26-27-47-46-20-13-14-21-49(46)51(50(47)33-42)38(7-3)30-35-28-34(4)29-39(51)31-35/h5-6,8-27,32-35,38-39H,2,7,28-31H2,1,3-4H3/b15-5-. The normalized spacial score (nSPS) is 23.1. The molecule has 52 heavy (non-hydrogen) atoms. The third-order valence-electron chi connectivity index (χ3n) is 12.9. The van der Waals surface area contributed by atoms with Gasteiger partial charge < -0.3 is 4.90 Å². The molecule has 6 aromatic rings. The molecule has 0 N–H and O–H groups in total. The zero-order chi connectivity index (χ0) is 35.4. The zero-order valence-electron chi connectivity index (χ0n) is 30.9. The Hall–Kier alpha value is -5.14. The first-order chi connectivity index (χ1) is 25.5. The van der Waals surface area contributed by atoms with Crippen LogP contribution >= 0.6 is 0 Å². The lowest BCUT2D eigenvalue weighted by molar-refractivity contribution is 0.0330. The minimum absolute atomic E-state index is 0.0666. The van der Waals surface area contributed by atoms with Crippen LogP contribution in [0.5, 0.6) is 0 Å². The second-order valence-electron chi connectivity index (χ2n) is 15.8. The minimum atomic E-state index is 0.0666. The lowest BCUT2D eigenvalue weighted by Crippen LogP contribution is -2.50. The van der Waals surface area contributed by atoms with E-state index in [-0.39, 0.29) is 5.41 Å². The van der Waals surface area contributed by atoms with Crippen molar-refractivity contribution in [3.05, 3.63) is 162 Å². The summed E-state index contributed by atoms with van der Waals surface area (Å²) < 4.78 is 0. The Labute approximate surface area is 310 Å². The van der Waals surface area contributed by atoms with E-state index in [0.717, 1.165) is 17.4 Å². The van der Waals surface area contributed by atoms with Gasteiger partial charge in [0.05, 0.1) is 0 Å². The van der Waals surface area contributed by atoms with Gasteiger partial charge in [0.15, 0.2) is 0 Å². The number of allylic oxidation sites excluding steroid dienone is 1. The fraction of sp³-hybridized carbons (Fsp3) is 0.255. The predicted octanol–water partition coefficient (Wildman–Crippen LogP) is 14.4. The van der Waals surface area contributed by atoms with Gasteiger partial charge in [-0.25, -0.2) is 0 Å². The van der Waals surface area contributed by atoms with Crippen LogP contribution < -0.4 is 4.90 Å². The third kappa shape index (κ3) is 5.04. The smallest absolute Gasteiger partial charge is 0.0465 e. The number of benzene rings is 6. The molecule has 1 spiro atoms. The van der Waals surface area contributed by atoms with Crippen LogP contribution in [-0.4, -0.2) is 0 Å². The highest BCUT2D eigenvalue weighted by Crippen LogP contribution is 2.65. The van der Waals surface area contributed by atoms with Crippen LogP contribution in [0.3, 0.4) is 0 Å². The Morgan fingerprint density at radius 3 is 2.13 bits per heavy atom. The maximum absolute atomic E-state index is 4.18. The molecule has 0 radical (unpaired) electrons. The van der Waals surface area contributed by atoms with E-state index in [1.807, 2.05) is 6.08 Å². The van der Waals surface area contributed by atoms with E-state index >= 15 is 0 Å². The molecule has 2 fully saturated rings. The second kappa shape index (κ2) is 13.1. The first kappa shape index (κ1) is 32.7. The van der Waals surface area contributed by atoms with Crippen LogP contribution in [0.4, 0.5) is 17.1 Å². The summed E-state index contributed by atoms with van der Waals surface area (Å²) in [7, 11) is 0. The summed E-state index contributed by atoms with van der Waals surface area (Å²) in [6.07, 6.45) is 13.0. The summed E-state index contributed by atoms with van der Waals surface area (Å²) >= 11 is 0. The monoisotopic (exact) mass is 675 g/mol. The van der Waals surface area contributed by atoms with Crippen molar-refractivity contribution in [2.45, 2.75) is 58.3 Å². The molecule has 3 aliphatic carbocycles. The topological polar surface area (TPSA) is 3.24 Å². The van der Waals surface area contributed by atoms with Gasteiger partial charge in [-0.15, -0.1) is 0 Å². The lowest BCUT2D eigenvalue weighted by Gasteiger charge is -2.55. The Balaban J connectivity index is 1.19. The summed E-state index contributed by atoms with van der Waals surface area (Å²) in [6, 6.07) is 48.1. The van der Waals surface area contributed by atoms with Gasteiger partial charge in [-0.3, -0.25) is 0 Å². The van der Waals surface area contributed by atoms with Crippen LogP contribution in [0.15, 0.2) is 140 Å². The van der Waals surface area contributed by atoms with Gasteiger partial charge in [0.1, 0.15) is 0 Å². The molecule has 5 unspecified atom stereocenters. The predicted molar refractivity (Wildman–Crippen MR) is 223 cm³/mol. The molecule has 2 saturated carbocycles. The number of anilines is 3. The molecule has 1 heteroatoms. The van der Waals surface area contributed by atoms with Crippen molar-refractivity contribution in [3.63, 3.8) is 0 Å². The van der Waals surface area contributed by atoms with Crippen LogP contribution in [0.2, 0.25) is 0 Å². The molecule has 0 saturated heterocycles. The Morgan fingerprint density at radius 1 is 0.673 bits per heavy atom. The van der Waals surface area contributed by atoms with Gasteiger partial charge in [-0.2, -0.15) is 0 Å². The van der Waals surface area contributed by atoms with Gasteiger partial charge in [0.25, 0.3) is 0 Å². The van der Waals surface area contributed by atoms with Crippen LogP contribution in [0.25, 0.3) is 45.2 Å². The molecule has 1 nitrogen and oxygen atoms in total. The number of nitrogens with zero attached hydrogens (tertiary/aromatic N) is 1. The molecule has 0 aliphatic heterocycles. The van der Waals surface area contributed by atoms with E-state index in [1.165, 1.54) is 87.8 Å². The average Bonchev–Trinajstić information content (AvgIpc) is 3.47. The second-order valence-corrected chi connectivity index (χ2v) is 15.8. The molecule has 0 amide bonds. The number of rotatable bonds is 7. The van der Waals surface area contributed by atoms with E-state index in [9.17, 15) is 0 Å². The number of hydrogen-bond donors (Lipinski definition) is 0. The van der Waals surface area contributed by atoms with Crippen LogP contribution in [0.1, 0.15) is 75.1 Å². The highest BCUT2D eigenvalue weighted by molar-refractivity contribution is 6.04. The fourth-order valence-corrected chi connectivity index (χ4v) is 11.1. The molecule has 0 heterocycles. The first-order valence-corrected chi connectivity index (χ1v) is 19.6. The van der Waals surface area contributed by atoms with Crippen LogP contribution in [0, 0.1) is 23.7 Å². The maximum atomic E-state index is 4.18. The van der Waals surface area contributed by atoms with Gasteiger partial charge >= 0.3 is 0 Å². The van der Waals surface area contributed by atoms with Crippen LogP contribution in [-0.2, 0) is 5.41 Å². The Kier molecular flexibility index (Phi) is 8.26. The molecule has 2 bridgehead atoms. The van der Waals surface area contributed by atoms with E-state index in [2.05, 4.69) is 172 Å². The maximum Gasteiger partial charge on any atom is 0.0465 e. The Morgan fingerprint density at radius 2 is 1.37 bits per heavy atom. The fourth-order valence-electron chi connectivity index (χ4n) is 11.1. The summed E-state index contributed by atoms with van der Waals surface area (Å²) in [5.41, 5.74) is 14.5. The van der Waals surface area contributed by atoms with Gasteiger partial charge in [0, 0.05) is 22.5 Å². The van der Waals surface area contributed by atoms with Crippen molar-refractivity contribution in [2.75, 3.05) is 4.90 Å². The average molecular weight is 676 g/mol. The van der Waals surface area contributed by atoms with E-state index in [1.54, 1.807) is 11.1 Å². The first-order valence-electron chi connectivity index (χ1n) is 19.6. The van der Waals surface area contributed by atoms with E-state index in [0.29, 0.717) is 11.8 Å². The quantitative estimate of drug-likeness (QED) is 0.163. The largest absolute Gasteiger partial charge is 0.310 e. The van der Waals surface area contributed by atoms with Crippen molar-refractivity contribution in [2.24, 2.45) is 23.7 Å². The third-order valence-corrected chi connectivity index (χ3v) is 12.9. The van der Waals surface area contributed by atoms with Gasteiger partial charge in [0.2, 0.25) is 0 Å². The van der Waals surface area contributed by atoms with Crippen molar-refractivity contribution < 1.29 is 0 Å². The molecular weight excluding hydrogens is 627 g/mol. The summed E-state index contributed by atoms with van der Waals surface area (Å²) in [4.78, 5) is 2.47. The van der Waals surface area contributed by atoms with Crippen molar-refractivity contribution in [1.29, 1.82) is 0 Å². The van der Waals surface area contributed by atoms with E-state index < -0.39 is 0 Å². The highest BCUT2D eigenvalue weighted by atomic mass is 15.1. The number of fused-ring (bicyclic) bond motifs is 9. The Bertz CT molecular complexity index is 2310. The van der Waals surface area contributed by atoms with Crippen molar-refractivity contribution >= 4 is 40.0 Å². The highest BCUT2D eigenvalue weighted by Gasteiger charge is 2.57. The molecule has 5 atom stereocenters. The lowest BCUT2D eigenvalue weighted by atomic mass is 9.48. The molecular formula is C51H49N. The van der Waals surface area contributed by atoms with Gasteiger partial charge in [-0.05, 0) is 154 Å².